The summed E-state index contributed by atoms with van der Waals surface area (Å²) in [4.78, 5) is 168. The van der Waals surface area contributed by atoms with E-state index in [-0.39, 0.29) is 83.5 Å². The largest absolute Gasteiger partial charge is 0.352 e. The normalized spacial score (nSPS) is 13.6. The number of aromatic amines is 6. The van der Waals surface area contributed by atoms with Crippen LogP contribution in [0.4, 0.5) is 22.7 Å². The number of halogens is 1. The van der Waals surface area contributed by atoms with E-state index in [0.717, 1.165) is 137 Å². The van der Waals surface area contributed by atoms with E-state index in [1.807, 2.05) is 196 Å². The van der Waals surface area contributed by atoms with E-state index in [1.54, 1.807) is 66.7 Å². The van der Waals surface area contributed by atoms with Crippen LogP contribution in [0.2, 0.25) is 5.02 Å². The number of aromatic nitrogens is 6. The molecule has 12 heterocycles. The number of para-hydroxylation sites is 1. The van der Waals surface area contributed by atoms with Gasteiger partial charge in [-0.15, -0.1) is 6.42 Å². The molecule has 31 heteroatoms. The molecule has 0 aliphatic carbocycles. The van der Waals surface area contributed by atoms with Crippen molar-refractivity contribution in [3.05, 3.63) is 355 Å². The smallest absolute Gasteiger partial charge is 0.272 e. The summed E-state index contributed by atoms with van der Waals surface area (Å²) < 4.78 is 0. The zero-order valence-electron chi connectivity index (χ0n) is 76.3. The van der Waals surface area contributed by atoms with E-state index in [2.05, 4.69) is 99.6 Å². The minimum atomic E-state index is -0.241. The fraction of sp³-hybridized carbons (Fsp3) is 0.145. The molecule has 0 radical (unpaired) electrons. The molecule has 6 aliphatic heterocycles. The van der Waals surface area contributed by atoms with Gasteiger partial charge in [-0.2, -0.15) is 0 Å². The summed E-state index contributed by atoms with van der Waals surface area (Å²) in [6.45, 7) is 7.12. The van der Waals surface area contributed by atoms with E-state index in [1.165, 1.54) is 0 Å². The number of carbonyl (C=O) groups excluding carboxylic acids is 12. The third-order valence-corrected chi connectivity index (χ3v) is 25.6. The Kier molecular flexibility index (Phi) is 26.1. The number of terminal acetylenes is 1. The van der Waals surface area contributed by atoms with Crippen LogP contribution in [0, 0.1) is 12.3 Å². The average Bonchev–Trinajstić information content (AvgIpc) is 1.64. The summed E-state index contributed by atoms with van der Waals surface area (Å²) in [7, 11) is 0. The minimum absolute atomic E-state index is 0.0751. The number of amides is 12. The molecule has 702 valence electrons. The molecule has 0 bridgehead atoms. The standard InChI is InChI=1S/2C22H17N3O2.C18H14ClN3O2.C18H15N3O2.C15H17N3O2.C15H13N3O2/c26-21-16-8-4-10-18-19(16)15(11-12-23-21)20(24-18)22(27)25-17-9-3-6-13-5-1-2-7-14(13)17;26-21-17-6-3-7-18-19(17)16(10-11-23-21)20(25-18)22(27)24-15-9-8-13-4-1-2-5-14(13)12-15;19-10-4-6-11(7-5-10)21-18(24)16-12-8-9-20-17(23)13-2-1-3-14(22-16)15(12)13;22-17-13-7-4-8-14-15(13)12(9-10-19-17)16(21-14)18(23)20-11-5-2-1-3-6-11;1-8(2)17-15(20)13-9-6-7-16-14(19)10-4-3-5-11(18-13)12(9)10;1-2-7-16-15(20)13-9-6-8-17-14(19)10-4-3-5-11(18-13)12(9)10/h1-10,24H,11-12H2,(H,23,26)(H,25,27);1-9,12,25H,10-11H2,(H,23,26)(H,24,27);1-7,22H,8-9H2,(H,20,23)(H,21,24);1-8,21H,9-10H2,(H,19,22)(H,20,23);3-5,8,18H,6-7H2,1-2H3,(H,16,19)(H,17,20);1,3-5,18H,6-8H2,(H,16,20)(H,17,19). The summed E-state index contributed by atoms with van der Waals surface area (Å²) in [5, 5.41) is 44.5. The van der Waals surface area contributed by atoms with E-state index in [9.17, 15) is 57.5 Å². The predicted molar refractivity (Wildman–Crippen MR) is 547 cm³/mol. The maximum Gasteiger partial charge on any atom is 0.272 e. The molecule has 24 rings (SSSR count). The first kappa shape index (κ1) is 92.0. The summed E-state index contributed by atoms with van der Waals surface area (Å²) in [6, 6.07) is 77.0. The van der Waals surface area contributed by atoms with Crippen molar-refractivity contribution in [3.63, 3.8) is 0 Å². The molecule has 12 aromatic carbocycles. The first-order valence-corrected chi connectivity index (χ1v) is 46.5. The highest BCUT2D eigenvalue weighted by atomic mass is 35.5. The van der Waals surface area contributed by atoms with Gasteiger partial charge < -0.3 is 93.7 Å². The summed E-state index contributed by atoms with van der Waals surface area (Å²) in [6.07, 6.45) is 8.87. The van der Waals surface area contributed by atoms with Crippen molar-refractivity contribution in [2.24, 2.45) is 0 Å². The van der Waals surface area contributed by atoms with Gasteiger partial charge >= 0.3 is 0 Å². The van der Waals surface area contributed by atoms with Crippen LogP contribution in [0.15, 0.2) is 249 Å². The highest BCUT2D eigenvalue weighted by Gasteiger charge is 2.33. The van der Waals surface area contributed by atoms with Crippen LogP contribution >= 0.6 is 11.6 Å². The van der Waals surface area contributed by atoms with Crippen LogP contribution in [-0.4, -0.2) is 153 Å². The van der Waals surface area contributed by atoms with Gasteiger partial charge in [0.2, 0.25) is 0 Å². The number of anilines is 4. The van der Waals surface area contributed by atoms with Crippen LogP contribution < -0.4 is 63.8 Å². The maximum atomic E-state index is 13.1. The van der Waals surface area contributed by atoms with E-state index in [0.29, 0.717) is 156 Å². The maximum absolute atomic E-state index is 13.1. The molecule has 12 amide bonds. The zero-order valence-corrected chi connectivity index (χ0v) is 77.1. The molecule has 6 aromatic heterocycles. The summed E-state index contributed by atoms with van der Waals surface area (Å²) in [5.41, 5.74) is 19.9. The minimum Gasteiger partial charge on any atom is -0.352 e. The Balaban J connectivity index is 0.000000108. The van der Waals surface area contributed by atoms with Crippen molar-refractivity contribution in [3.8, 4) is 12.3 Å². The Labute approximate surface area is 809 Å². The molecule has 18 N–H and O–H groups in total. The van der Waals surface area contributed by atoms with Gasteiger partial charge in [0.05, 0.1) is 6.54 Å². The van der Waals surface area contributed by atoms with Crippen LogP contribution in [0.5, 0.6) is 0 Å². The molecule has 18 aromatic rings. The highest BCUT2D eigenvalue weighted by Crippen LogP contribution is 2.37. The number of hydrogen-bond acceptors (Lipinski definition) is 12. The van der Waals surface area contributed by atoms with Gasteiger partial charge in [-0.05, 0) is 229 Å². The van der Waals surface area contributed by atoms with Gasteiger partial charge in [0.15, 0.2) is 0 Å². The second-order valence-corrected chi connectivity index (χ2v) is 35.0. The topological polar surface area (TPSA) is 444 Å². The fourth-order valence-electron chi connectivity index (χ4n) is 19.1. The van der Waals surface area contributed by atoms with Crippen molar-refractivity contribution in [1.82, 2.24) is 72.4 Å². The molecule has 0 unspecified atom stereocenters. The molecular formula is C110H93ClN18O12. The number of rotatable bonds is 12. The second kappa shape index (κ2) is 40.1. The number of carbonyl (C=O) groups is 12. The number of nitrogens with one attached hydrogen (secondary N) is 18. The monoisotopic (exact) mass is 1890 g/mol. The number of fused-ring (bicyclic) bond motifs is 2. The van der Waals surface area contributed by atoms with Crippen molar-refractivity contribution >= 4 is 192 Å². The van der Waals surface area contributed by atoms with Gasteiger partial charge in [0, 0.05) is 177 Å². The highest BCUT2D eigenvalue weighted by molar-refractivity contribution is 6.30. The van der Waals surface area contributed by atoms with Crippen LogP contribution in [-0.2, 0) is 38.5 Å². The molecule has 6 aliphatic rings. The SMILES string of the molecule is C#CCNC(=O)c1[nH]c2cccc3c2c1CCNC3=O.CC(C)NC(=O)c1[nH]c2cccc3c2c1CCNC3=O.O=C(Nc1ccc(Cl)cc1)c1[nH]c2cccc3c2c1CCNC3=O.O=C(Nc1ccc2ccccc2c1)c1[nH]c2cccc3c2c1CCNC3=O.O=C(Nc1cccc2ccccc12)c1[nH]c2cccc3c2c1CCNC3=O.O=C(Nc1ccccc1)c1[nH]c2cccc3c2c1CCNC3=O. The van der Waals surface area contributed by atoms with Gasteiger partial charge in [0.1, 0.15) is 34.2 Å². The number of H-pyrrole nitrogens is 6. The Hall–Kier alpha value is -18.1. The Morgan fingerprint density at radius 3 is 0.957 bits per heavy atom. The lowest BCUT2D eigenvalue weighted by atomic mass is 10.0. The van der Waals surface area contributed by atoms with Gasteiger partial charge in [-0.3, -0.25) is 57.5 Å². The Bertz CT molecular complexity index is 8200. The van der Waals surface area contributed by atoms with Crippen molar-refractivity contribution in [1.29, 1.82) is 0 Å². The average molecular weight is 1890 g/mol. The molecule has 0 spiro atoms. The quantitative estimate of drug-likeness (QED) is 0.0508. The predicted octanol–water partition coefficient (Wildman–Crippen LogP) is 16.2. The third kappa shape index (κ3) is 18.8. The lowest BCUT2D eigenvalue weighted by Gasteiger charge is -2.09. The molecule has 0 saturated heterocycles. The van der Waals surface area contributed by atoms with Crippen LogP contribution in [0.3, 0.4) is 0 Å². The van der Waals surface area contributed by atoms with Gasteiger partial charge in [-0.1, -0.05) is 139 Å². The van der Waals surface area contributed by atoms with E-state index < -0.39 is 0 Å². The Morgan fingerprint density at radius 1 is 0.305 bits per heavy atom. The second-order valence-electron chi connectivity index (χ2n) is 34.6. The molecule has 141 heavy (non-hydrogen) atoms. The van der Waals surface area contributed by atoms with Gasteiger partial charge in [-0.25, -0.2) is 0 Å². The fourth-order valence-corrected chi connectivity index (χ4v) is 19.2. The molecular weight excluding hydrogens is 1800 g/mol. The Morgan fingerprint density at radius 2 is 0.596 bits per heavy atom. The first-order chi connectivity index (χ1) is 68.6. The number of hydrogen-bond donors (Lipinski definition) is 18. The van der Waals surface area contributed by atoms with Crippen molar-refractivity contribution in [2.45, 2.75) is 58.4 Å². The van der Waals surface area contributed by atoms with E-state index >= 15 is 0 Å². The van der Waals surface area contributed by atoms with Crippen molar-refractivity contribution in [2.75, 3.05) is 67.1 Å². The molecule has 0 fully saturated rings. The number of benzene rings is 12. The summed E-state index contributed by atoms with van der Waals surface area (Å²) >= 11 is 5.87. The molecule has 0 saturated carbocycles. The van der Waals surface area contributed by atoms with Crippen LogP contribution in [0.1, 0.15) is 172 Å². The first-order valence-electron chi connectivity index (χ1n) is 46.2. The summed E-state index contributed by atoms with van der Waals surface area (Å²) in [5.74, 6) is 0.609. The zero-order chi connectivity index (χ0) is 97.6. The molecule has 0 atom stereocenters. The van der Waals surface area contributed by atoms with Crippen molar-refractivity contribution < 1.29 is 57.5 Å². The lowest BCUT2D eigenvalue weighted by molar-refractivity contribution is 0.0931. The lowest BCUT2D eigenvalue weighted by Crippen LogP contribution is -2.31. The third-order valence-electron chi connectivity index (χ3n) is 25.3. The van der Waals surface area contributed by atoms with Crippen LogP contribution in [0.25, 0.3) is 87.0 Å². The molecule has 30 nitrogen and oxygen atoms in total. The van der Waals surface area contributed by atoms with Gasteiger partial charge in [0.25, 0.3) is 70.9 Å². The van der Waals surface area contributed by atoms with E-state index in [4.69, 9.17) is 18.0 Å².